The van der Waals surface area contributed by atoms with Gasteiger partial charge in [0, 0.05) is 25.6 Å². The molecule has 2 aliphatic rings. The molecule has 2 amide bonds. The molecule has 0 bridgehead atoms. The minimum absolute atomic E-state index is 0.0123. The normalized spacial score (nSPS) is 25.7. The molecule has 6 nitrogen and oxygen atoms in total. The van der Waals surface area contributed by atoms with Crippen molar-refractivity contribution < 1.29 is 14.7 Å². The molecule has 2 fully saturated rings. The number of carboxylic acid groups (broad SMARTS) is 1. The SMILES string of the molecule is CC(C)NC(=O)N1CC[C@@H](CC(=O)O)[C@@H](CCN2CCCCC2)C1. The number of amides is 2. The topological polar surface area (TPSA) is 72.9 Å². The molecular formula is C18H33N3O3. The molecule has 0 spiro atoms. The number of rotatable bonds is 6. The minimum atomic E-state index is -0.719. The van der Waals surface area contributed by atoms with Crippen LogP contribution < -0.4 is 5.32 Å². The van der Waals surface area contributed by atoms with Crippen LogP contribution in [0, 0.1) is 11.8 Å². The molecule has 0 aromatic carbocycles. The van der Waals surface area contributed by atoms with Gasteiger partial charge in [-0.3, -0.25) is 4.79 Å². The van der Waals surface area contributed by atoms with Crippen LogP contribution >= 0.6 is 0 Å². The Hall–Kier alpha value is -1.30. The van der Waals surface area contributed by atoms with Crippen LogP contribution in [0.5, 0.6) is 0 Å². The Morgan fingerprint density at radius 2 is 1.83 bits per heavy atom. The van der Waals surface area contributed by atoms with Crippen molar-refractivity contribution in [3.8, 4) is 0 Å². The molecule has 138 valence electrons. The molecule has 2 atom stereocenters. The lowest BCUT2D eigenvalue weighted by atomic mass is 9.81. The first-order valence-electron chi connectivity index (χ1n) is 9.45. The first-order valence-corrected chi connectivity index (χ1v) is 9.45. The molecule has 2 aliphatic heterocycles. The van der Waals surface area contributed by atoms with Gasteiger partial charge in [0.2, 0.25) is 0 Å². The summed E-state index contributed by atoms with van der Waals surface area (Å²) in [5, 5.41) is 12.1. The first-order chi connectivity index (χ1) is 11.5. The number of hydrogen-bond donors (Lipinski definition) is 2. The maximum atomic E-state index is 12.3. The quantitative estimate of drug-likeness (QED) is 0.779. The number of carbonyl (C=O) groups is 2. The number of nitrogens with zero attached hydrogens (tertiary/aromatic N) is 2. The Kier molecular flexibility index (Phi) is 7.34. The summed E-state index contributed by atoms with van der Waals surface area (Å²) >= 11 is 0. The molecule has 2 saturated heterocycles. The van der Waals surface area contributed by atoms with Crippen LogP contribution in [0.25, 0.3) is 0 Å². The zero-order valence-electron chi connectivity index (χ0n) is 15.2. The lowest BCUT2D eigenvalue weighted by Crippen LogP contribution is -2.50. The van der Waals surface area contributed by atoms with Gasteiger partial charge < -0.3 is 20.2 Å². The number of aliphatic carboxylic acids is 1. The zero-order chi connectivity index (χ0) is 17.5. The van der Waals surface area contributed by atoms with Gasteiger partial charge in [-0.1, -0.05) is 6.42 Å². The number of carbonyl (C=O) groups excluding carboxylic acids is 1. The Morgan fingerprint density at radius 1 is 1.12 bits per heavy atom. The number of piperidine rings is 2. The summed E-state index contributed by atoms with van der Waals surface area (Å²) in [4.78, 5) is 27.8. The van der Waals surface area contributed by atoms with Crippen LogP contribution in [0.2, 0.25) is 0 Å². The number of carboxylic acids is 1. The minimum Gasteiger partial charge on any atom is -0.481 e. The molecular weight excluding hydrogens is 306 g/mol. The molecule has 0 radical (unpaired) electrons. The van der Waals surface area contributed by atoms with Crippen LogP contribution in [-0.2, 0) is 4.79 Å². The van der Waals surface area contributed by atoms with Crippen molar-refractivity contribution in [1.82, 2.24) is 15.1 Å². The van der Waals surface area contributed by atoms with E-state index in [1.54, 1.807) is 0 Å². The summed E-state index contributed by atoms with van der Waals surface area (Å²) in [6.07, 6.45) is 5.87. The van der Waals surface area contributed by atoms with Gasteiger partial charge in [0.15, 0.2) is 0 Å². The molecule has 2 rings (SSSR count). The van der Waals surface area contributed by atoms with Crippen molar-refractivity contribution in [2.75, 3.05) is 32.7 Å². The third-order valence-electron chi connectivity index (χ3n) is 5.29. The standard InChI is InChI=1S/C18H33N3O3/c1-14(2)19-18(24)21-11-7-15(12-17(22)23)16(13-21)6-10-20-8-4-3-5-9-20/h14-16H,3-13H2,1-2H3,(H,19,24)(H,22,23)/t15-,16-/m0/s1. The molecule has 0 saturated carbocycles. The van der Waals surface area contributed by atoms with E-state index >= 15 is 0 Å². The van der Waals surface area contributed by atoms with E-state index in [2.05, 4.69) is 10.2 Å². The van der Waals surface area contributed by atoms with Gasteiger partial charge in [-0.15, -0.1) is 0 Å². The van der Waals surface area contributed by atoms with Gasteiger partial charge in [-0.25, -0.2) is 4.79 Å². The van der Waals surface area contributed by atoms with Crippen molar-refractivity contribution in [1.29, 1.82) is 0 Å². The molecule has 0 aromatic heterocycles. The lowest BCUT2D eigenvalue weighted by Gasteiger charge is -2.39. The highest BCUT2D eigenvalue weighted by atomic mass is 16.4. The highest BCUT2D eigenvalue weighted by Crippen LogP contribution is 2.30. The Balaban J connectivity index is 1.91. The summed E-state index contributed by atoms with van der Waals surface area (Å²) in [6.45, 7) is 8.62. The fraction of sp³-hybridized carbons (Fsp3) is 0.889. The third-order valence-corrected chi connectivity index (χ3v) is 5.29. The molecule has 6 heteroatoms. The van der Waals surface area contributed by atoms with E-state index in [9.17, 15) is 14.7 Å². The number of likely N-dealkylation sites (tertiary alicyclic amines) is 2. The van der Waals surface area contributed by atoms with E-state index in [1.807, 2.05) is 18.7 Å². The van der Waals surface area contributed by atoms with Crippen molar-refractivity contribution in [3.63, 3.8) is 0 Å². The summed E-state index contributed by atoms with van der Waals surface area (Å²) < 4.78 is 0. The van der Waals surface area contributed by atoms with Crippen LogP contribution in [0.4, 0.5) is 4.79 Å². The van der Waals surface area contributed by atoms with Crippen molar-refractivity contribution in [3.05, 3.63) is 0 Å². The van der Waals surface area contributed by atoms with Gasteiger partial charge in [0.05, 0.1) is 0 Å². The second-order valence-corrected chi connectivity index (χ2v) is 7.65. The highest BCUT2D eigenvalue weighted by molar-refractivity contribution is 5.74. The fourth-order valence-corrected chi connectivity index (χ4v) is 3.95. The van der Waals surface area contributed by atoms with E-state index in [-0.39, 0.29) is 30.3 Å². The van der Waals surface area contributed by atoms with Crippen molar-refractivity contribution >= 4 is 12.0 Å². The van der Waals surface area contributed by atoms with Crippen LogP contribution in [0.15, 0.2) is 0 Å². The van der Waals surface area contributed by atoms with Crippen LogP contribution in [0.3, 0.4) is 0 Å². The molecule has 2 N–H and O–H groups in total. The molecule has 0 unspecified atom stereocenters. The molecule has 0 aliphatic carbocycles. The summed E-state index contributed by atoms with van der Waals surface area (Å²) in [6, 6.07) is 0.114. The predicted octanol–water partition coefficient (Wildman–Crippen LogP) is 2.39. The smallest absolute Gasteiger partial charge is 0.317 e. The van der Waals surface area contributed by atoms with Gasteiger partial charge >= 0.3 is 12.0 Å². The number of urea groups is 1. The van der Waals surface area contributed by atoms with Crippen molar-refractivity contribution in [2.24, 2.45) is 11.8 Å². The van der Waals surface area contributed by atoms with E-state index in [4.69, 9.17) is 0 Å². The fourth-order valence-electron chi connectivity index (χ4n) is 3.95. The van der Waals surface area contributed by atoms with Crippen LogP contribution in [0.1, 0.15) is 52.4 Å². The Morgan fingerprint density at radius 3 is 2.46 bits per heavy atom. The largest absolute Gasteiger partial charge is 0.481 e. The number of nitrogens with one attached hydrogen (secondary N) is 1. The Bertz CT molecular complexity index is 422. The monoisotopic (exact) mass is 339 g/mol. The van der Waals surface area contributed by atoms with Gasteiger partial charge in [-0.05, 0) is 71.0 Å². The molecule has 24 heavy (non-hydrogen) atoms. The first kappa shape index (κ1) is 19.0. The average molecular weight is 339 g/mol. The Labute approximate surface area is 145 Å². The molecule has 2 heterocycles. The lowest BCUT2D eigenvalue weighted by molar-refractivity contribution is -0.139. The second-order valence-electron chi connectivity index (χ2n) is 7.65. The zero-order valence-corrected chi connectivity index (χ0v) is 15.2. The van der Waals surface area contributed by atoms with Gasteiger partial charge in [0.25, 0.3) is 0 Å². The summed E-state index contributed by atoms with van der Waals surface area (Å²) in [5.41, 5.74) is 0. The highest BCUT2D eigenvalue weighted by Gasteiger charge is 2.33. The predicted molar refractivity (Wildman–Crippen MR) is 94.0 cm³/mol. The van der Waals surface area contributed by atoms with E-state index in [0.29, 0.717) is 13.1 Å². The van der Waals surface area contributed by atoms with Crippen molar-refractivity contribution in [2.45, 2.75) is 58.4 Å². The number of hydrogen-bond acceptors (Lipinski definition) is 3. The van der Waals surface area contributed by atoms with E-state index < -0.39 is 5.97 Å². The summed E-state index contributed by atoms with van der Waals surface area (Å²) in [5.74, 6) is -0.242. The van der Waals surface area contributed by atoms with E-state index in [0.717, 1.165) is 32.5 Å². The van der Waals surface area contributed by atoms with Gasteiger partial charge in [0.1, 0.15) is 0 Å². The van der Waals surface area contributed by atoms with Gasteiger partial charge in [-0.2, -0.15) is 0 Å². The summed E-state index contributed by atoms with van der Waals surface area (Å²) in [7, 11) is 0. The third kappa shape index (κ3) is 5.96. The average Bonchev–Trinajstić information content (AvgIpc) is 2.53. The second kappa shape index (κ2) is 9.25. The van der Waals surface area contributed by atoms with Crippen LogP contribution in [-0.4, -0.2) is 65.7 Å². The molecule has 0 aromatic rings. The maximum Gasteiger partial charge on any atom is 0.317 e. The van der Waals surface area contributed by atoms with E-state index in [1.165, 1.54) is 19.3 Å². The maximum absolute atomic E-state index is 12.3.